The van der Waals surface area contributed by atoms with Crippen LogP contribution in [0.5, 0.6) is 0 Å². The molecule has 0 aromatic rings. The SMILES string of the molecule is [Co].[Fe].[Mo].[Ni].[Pt].[Ru]. The zero-order valence-electron chi connectivity index (χ0n) is 2.08. The average Bonchev–Trinajstić information content (AvgIpc) is 0. The zero-order valence-corrected chi connectivity index (χ0v) is 11.2. The van der Waals surface area contributed by atoms with Gasteiger partial charge in [-0.3, -0.25) is 0 Å². The van der Waals surface area contributed by atoms with Crippen LogP contribution in [-0.4, -0.2) is 0 Å². The first kappa shape index (κ1) is 55.8. The minimum absolute atomic E-state index is 0. The second-order valence-corrected chi connectivity index (χ2v) is 0. The molecular weight excluding hydrogens is 566 g/mol. The number of hydrogen-bond donors (Lipinski definition) is 0. The van der Waals surface area contributed by atoms with E-state index in [1.165, 1.54) is 0 Å². The summed E-state index contributed by atoms with van der Waals surface area (Å²) in [6.07, 6.45) is 0. The molecule has 0 aromatic carbocycles. The fourth-order valence-electron chi connectivity index (χ4n) is 0. The van der Waals surface area contributed by atoms with Crippen molar-refractivity contribution in [2.24, 2.45) is 0 Å². The first-order valence-electron chi connectivity index (χ1n) is 0. The fourth-order valence-corrected chi connectivity index (χ4v) is 0. The maximum Gasteiger partial charge on any atom is 0 e. The predicted octanol–water partition coefficient (Wildman–Crippen LogP) is -0.0150. The van der Waals surface area contributed by atoms with E-state index in [0.29, 0.717) is 0 Å². The second kappa shape index (κ2) is 38.9. The van der Waals surface area contributed by atoms with Crippen molar-refractivity contribution in [3.63, 3.8) is 0 Å². The maximum absolute atomic E-state index is 0. The molecule has 0 saturated carbocycles. The molecule has 1 radical (unpaired) electrons. The van der Waals surface area contributed by atoms with Gasteiger partial charge in [0.25, 0.3) is 0 Å². The Morgan fingerprint density at radius 3 is 1.00 bits per heavy atom. The normalized spacial score (nSPS) is 0. The Balaban J connectivity index is 0. The summed E-state index contributed by atoms with van der Waals surface area (Å²) in [5, 5.41) is 0. The Bertz CT molecular complexity index is 15.5. The molecular formula is CoFeMoNiPtRu. The molecule has 51 valence electrons. The molecule has 0 unspecified atom stereocenters. The molecule has 0 nitrogen and oxygen atoms in total. The van der Waals surface area contributed by atoms with Gasteiger partial charge in [0.1, 0.15) is 0 Å². The molecule has 0 aliphatic rings. The van der Waals surface area contributed by atoms with E-state index in [0.717, 1.165) is 0 Å². The van der Waals surface area contributed by atoms with Crippen LogP contribution in [0.15, 0.2) is 0 Å². The molecule has 0 bridgehead atoms. The summed E-state index contributed by atoms with van der Waals surface area (Å²) in [4.78, 5) is 0. The van der Waals surface area contributed by atoms with E-state index in [-0.39, 0.29) is 112 Å². The van der Waals surface area contributed by atoms with Gasteiger partial charge >= 0.3 is 0 Å². The van der Waals surface area contributed by atoms with Crippen molar-refractivity contribution in [3.8, 4) is 0 Å². The van der Waals surface area contributed by atoms with Crippen molar-refractivity contribution in [2.75, 3.05) is 0 Å². The van der Waals surface area contributed by atoms with Crippen molar-refractivity contribution in [2.45, 2.75) is 0 Å². The van der Waals surface area contributed by atoms with Crippen molar-refractivity contribution < 1.29 is 112 Å². The molecule has 0 spiro atoms. The third-order valence-corrected chi connectivity index (χ3v) is 0. The number of hydrogen-bond acceptors (Lipinski definition) is 0. The number of rotatable bonds is 0. The van der Waals surface area contributed by atoms with E-state index in [4.69, 9.17) is 0 Å². The summed E-state index contributed by atoms with van der Waals surface area (Å²) >= 11 is 0. The van der Waals surface area contributed by atoms with Gasteiger partial charge < -0.3 is 0 Å². The Morgan fingerprint density at radius 2 is 1.00 bits per heavy atom. The Morgan fingerprint density at radius 1 is 1.00 bits per heavy atom. The fraction of sp³-hybridized carbons (Fsp3) is 0. The molecule has 0 amide bonds. The second-order valence-electron chi connectivity index (χ2n) is 0. The molecule has 0 aliphatic carbocycles. The molecule has 0 heterocycles. The molecule has 0 fully saturated rings. The van der Waals surface area contributed by atoms with Gasteiger partial charge in [-0.1, -0.05) is 0 Å². The van der Waals surface area contributed by atoms with Crippen molar-refractivity contribution in [3.05, 3.63) is 0 Å². The monoisotopic (exact) mass is 568 g/mol. The van der Waals surface area contributed by atoms with E-state index < -0.39 is 0 Å². The van der Waals surface area contributed by atoms with Crippen LogP contribution in [0, 0.1) is 0 Å². The van der Waals surface area contributed by atoms with Gasteiger partial charge in [-0.05, 0) is 0 Å². The van der Waals surface area contributed by atoms with Gasteiger partial charge in [0.2, 0.25) is 0 Å². The summed E-state index contributed by atoms with van der Waals surface area (Å²) < 4.78 is 0. The van der Waals surface area contributed by atoms with Crippen LogP contribution >= 0.6 is 0 Å². The summed E-state index contributed by atoms with van der Waals surface area (Å²) in [6, 6.07) is 0. The standard InChI is InChI=1S/Co.Fe.Mo.Ni.Pt.Ru. The molecule has 0 aromatic heterocycles. The van der Waals surface area contributed by atoms with Crippen LogP contribution in [0.3, 0.4) is 0 Å². The van der Waals surface area contributed by atoms with Gasteiger partial charge in [0.15, 0.2) is 0 Å². The molecule has 0 aliphatic heterocycles. The van der Waals surface area contributed by atoms with E-state index >= 15 is 0 Å². The Labute approximate surface area is 110 Å². The largest absolute Gasteiger partial charge is 0 e. The van der Waals surface area contributed by atoms with Crippen molar-refractivity contribution in [1.29, 1.82) is 0 Å². The van der Waals surface area contributed by atoms with Gasteiger partial charge in [0.05, 0.1) is 0 Å². The van der Waals surface area contributed by atoms with Gasteiger partial charge in [0, 0.05) is 112 Å². The quantitative estimate of drug-likeness (QED) is 0.363. The topological polar surface area (TPSA) is 0 Å². The van der Waals surface area contributed by atoms with Crippen LogP contribution in [0.1, 0.15) is 0 Å². The van der Waals surface area contributed by atoms with Crippen LogP contribution in [0.2, 0.25) is 0 Å². The molecule has 0 saturated heterocycles. The maximum atomic E-state index is 0. The van der Waals surface area contributed by atoms with Crippen LogP contribution < -0.4 is 0 Å². The van der Waals surface area contributed by atoms with E-state index in [1.54, 1.807) is 0 Å². The Kier molecular flexibility index (Phi) is 362. The third-order valence-electron chi connectivity index (χ3n) is 0. The average molecular weight is 566 g/mol. The first-order valence-corrected chi connectivity index (χ1v) is 0. The molecule has 0 rings (SSSR count). The molecule has 6 heavy (non-hydrogen) atoms. The molecule has 0 atom stereocenters. The van der Waals surface area contributed by atoms with E-state index in [1.807, 2.05) is 0 Å². The third kappa shape index (κ3) is 25.8. The van der Waals surface area contributed by atoms with Crippen LogP contribution in [-0.2, 0) is 112 Å². The van der Waals surface area contributed by atoms with Gasteiger partial charge in [-0.25, -0.2) is 0 Å². The van der Waals surface area contributed by atoms with Gasteiger partial charge in [-0.15, -0.1) is 0 Å². The van der Waals surface area contributed by atoms with E-state index in [2.05, 4.69) is 0 Å². The summed E-state index contributed by atoms with van der Waals surface area (Å²) in [6.45, 7) is 0. The zero-order chi connectivity index (χ0) is 0. The van der Waals surface area contributed by atoms with Crippen molar-refractivity contribution >= 4 is 0 Å². The van der Waals surface area contributed by atoms with E-state index in [9.17, 15) is 0 Å². The minimum Gasteiger partial charge on any atom is 0 e. The Hall–Kier alpha value is 3.52. The van der Waals surface area contributed by atoms with Crippen LogP contribution in [0.25, 0.3) is 0 Å². The summed E-state index contributed by atoms with van der Waals surface area (Å²) in [5.41, 5.74) is 0. The summed E-state index contributed by atoms with van der Waals surface area (Å²) in [7, 11) is 0. The van der Waals surface area contributed by atoms with Gasteiger partial charge in [-0.2, -0.15) is 0 Å². The smallest absolute Gasteiger partial charge is 0 e. The minimum atomic E-state index is 0. The first-order chi connectivity index (χ1) is 0. The van der Waals surface area contributed by atoms with Crippen molar-refractivity contribution in [1.82, 2.24) is 0 Å². The predicted molar refractivity (Wildman–Crippen MR) is 0 cm³/mol. The molecule has 0 N–H and O–H groups in total. The molecule has 6 heteroatoms. The summed E-state index contributed by atoms with van der Waals surface area (Å²) in [5.74, 6) is 0. The van der Waals surface area contributed by atoms with Crippen LogP contribution in [0.4, 0.5) is 0 Å².